The van der Waals surface area contributed by atoms with Crippen LogP contribution in [0, 0.1) is 0 Å². The summed E-state index contributed by atoms with van der Waals surface area (Å²) in [6, 6.07) is 2.44. The third kappa shape index (κ3) is 3.84. The summed E-state index contributed by atoms with van der Waals surface area (Å²) < 4.78 is 5.99. The van der Waals surface area contributed by atoms with Gasteiger partial charge in [-0.3, -0.25) is 0 Å². The Hall–Kier alpha value is -1.36. The molecular weight excluding hydrogens is 264 g/mol. The van der Waals surface area contributed by atoms with Gasteiger partial charge >= 0.3 is 0 Å². The highest BCUT2D eigenvalue weighted by atomic mass is 16.5. The van der Waals surface area contributed by atoms with Gasteiger partial charge < -0.3 is 15.0 Å². The number of likely N-dealkylation sites (tertiary alicyclic amines) is 1. The Kier molecular flexibility index (Phi) is 4.58. The largest absolute Gasteiger partial charge is 0.476 e. The highest BCUT2D eigenvalue weighted by molar-refractivity contribution is 5.39. The van der Waals surface area contributed by atoms with E-state index in [2.05, 4.69) is 34.2 Å². The van der Waals surface area contributed by atoms with Crippen molar-refractivity contribution in [2.45, 2.75) is 51.0 Å². The Morgan fingerprint density at radius 2 is 2.14 bits per heavy atom. The number of nitrogens with one attached hydrogen (secondary N) is 1. The molecule has 0 spiro atoms. The van der Waals surface area contributed by atoms with Crippen LogP contribution >= 0.6 is 0 Å². The van der Waals surface area contributed by atoms with Crippen LogP contribution < -0.4 is 10.1 Å². The van der Waals surface area contributed by atoms with Crippen molar-refractivity contribution in [3.05, 3.63) is 11.9 Å². The summed E-state index contributed by atoms with van der Waals surface area (Å²) in [6.07, 6.45) is 6.24. The molecule has 1 unspecified atom stereocenters. The van der Waals surface area contributed by atoms with E-state index < -0.39 is 0 Å². The number of nitrogens with zero attached hydrogens (tertiary/aromatic N) is 3. The van der Waals surface area contributed by atoms with Crippen LogP contribution in [-0.2, 0) is 0 Å². The fraction of sp³-hybridized carbons (Fsp3) is 0.750. The molecule has 0 bridgehead atoms. The molecule has 0 aromatic carbocycles. The molecule has 0 amide bonds. The molecule has 1 aromatic rings. The van der Waals surface area contributed by atoms with Gasteiger partial charge in [-0.05, 0) is 46.2 Å². The van der Waals surface area contributed by atoms with E-state index in [1.54, 1.807) is 0 Å². The third-order valence-electron chi connectivity index (χ3n) is 4.37. The molecule has 1 aliphatic carbocycles. The van der Waals surface area contributed by atoms with Crippen LogP contribution in [0.2, 0.25) is 0 Å². The first kappa shape index (κ1) is 14.6. The number of rotatable bonds is 6. The minimum Gasteiger partial charge on any atom is -0.476 e. The van der Waals surface area contributed by atoms with E-state index in [0.29, 0.717) is 12.0 Å². The second kappa shape index (κ2) is 6.60. The average molecular weight is 290 g/mol. The number of aromatic nitrogens is 2. The zero-order valence-corrected chi connectivity index (χ0v) is 13.1. The van der Waals surface area contributed by atoms with Gasteiger partial charge in [-0.25, -0.2) is 4.98 Å². The van der Waals surface area contributed by atoms with Crippen molar-refractivity contribution in [1.82, 2.24) is 14.9 Å². The third-order valence-corrected chi connectivity index (χ3v) is 4.37. The van der Waals surface area contributed by atoms with E-state index >= 15 is 0 Å². The lowest BCUT2D eigenvalue weighted by molar-refractivity contribution is 0.122. The maximum atomic E-state index is 5.99. The van der Waals surface area contributed by atoms with Crippen LogP contribution in [0.3, 0.4) is 0 Å². The summed E-state index contributed by atoms with van der Waals surface area (Å²) in [5.41, 5.74) is 0. The number of hydrogen-bond donors (Lipinski definition) is 1. The molecule has 5 heteroatoms. The molecule has 1 aromatic heterocycles. The summed E-state index contributed by atoms with van der Waals surface area (Å²) in [5.74, 6) is 3.10. The van der Waals surface area contributed by atoms with Gasteiger partial charge in [-0.2, -0.15) is 4.98 Å². The van der Waals surface area contributed by atoms with Crippen molar-refractivity contribution in [3.8, 4) is 5.88 Å². The Balaban J connectivity index is 1.65. The number of likely N-dealkylation sites (N-methyl/N-ethyl adjacent to an activating group) is 1. The molecule has 2 fully saturated rings. The predicted molar refractivity (Wildman–Crippen MR) is 83.9 cm³/mol. The summed E-state index contributed by atoms with van der Waals surface area (Å²) >= 11 is 0. The van der Waals surface area contributed by atoms with Gasteiger partial charge in [-0.15, -0.1) is 0 Å². The van der Waals surface area contributed by atoms with Crippen LogP contribution in [0.1, 0.15) is 50.8 Å². The van der Waals surface area contributed by atoms with E-state index in [9.17, 15) is 0 Å². The topological polar surface area (TPSA) is 50.3 Å². The van der Waals surface area contributed by atoms with Gasteiger partial charge in [0.05, 0.1) is 0 Å². The minimum atomic E-state index is 0.515. The molecule has 1 saturated heterocycles. The molecule has 1 N–H and O–H groups in total. The molecule has 21 heavy (non-hydrogen) atoms. The molecule has 0 radical (unpaired) electrons. The molecular formula is C16H26N4O. The molecule has 2 heterocycles. The first-order valence-electron chi connectivity index (χ1n) is 8.22. The molecule has 1 saturated carbocycles. The van der Waals surface area contributed by atoms with Crippen molar-refractivity contribution >= 4 is 5.82 Å². The van der Waals surface area contributed by atoms with E-state index in [1.165, 1.54) is 38.6 Å². The van der Waals surface area contributed by atoms with Crippen molar-refractivity contribution in [1.29, 1.82) is 0 Å². The standard InChI is InChI=1S/C16H26N4O/c1-3-17-14-10-15(19-16(18-14)12-7-8-12)21-11-13-6-4-5-9-20(13)2/h10,12-13H,3-9,11H2,1-2H3,(H,17,18,19). The number of ether oxygens (including phenoxy) is 1. The second-order valence-electron chi connectivity index (χ2n) is 6.20. The summed E-state index contributed by atoms with van der Waals surface area (Å²) in [4.78, 5) is 11.6. The van der Waals surface area contributed by atoms with Crippen LogP contribution in [0.5, 0.6) is 5.88 Å². The summed E-state index contributed by atoms with van der Waals surface area (Å²) in [5, 5.41) is 3.28. The quantitative estimate of drug-likeness (QED) is 0.873. The SMILES string of the molecule is CCNc1cc(OCC2CCCCN2C)nc(C2CC2)n1. The number of hydrogen-bond acceptors (Lipinski definition) is 5. The maximum Gasteiger partial charge on any atom is 0.218 e. The number of piperidine rings is 1. The predicted octanol–water partition coefficient (Wildman–Crippen LogP) is 2.65. The zero-order chi connectivity index (χ0) is 14.7. The first-order valence-corrected chi connectivity index (χ1v) is 8.22. The smallest absolute Gasteiger partial charge is 0.218 e. The van der Waals surface area contributed by atoms with E-state index in [-0.39, 0.29) is 0 Å². The molecule has 3 rings (SSSR count). The van der Waals surface area contributed by atoms with Crippen LogP contribution in [0.15, 0.2) is 6.07 Å². The Bertz CT molecular complexity index is 475. The highest BCUT2D eigenvalue weighted by Crippen LogP contribution is 2.39. The van der Waals surface area contributed by atoms with Crippen molar-refractivity contribution in [2.24, 2.45) is 0 Å². The number of anilines is 1. The second-order valence-corrected chi connectivity index (χ2v) is 6.20. The van der Waals surface area contributed by atoms with E-state index in [4.69, 9.17) is 4.74 Å². The molecule has 2 aliphatic rings. The molecule has 116 valence electrons. The van der Waals surface area contributed by atoms with Gasteiger partial charge in [0.2, 0.25) is 5.88 Å². The normalized spacial score (nSPS) is 23.0. The van der Waals surface area contributed by atoms with Crippen LogP contribution in [-0.4, -0.2) is 47.7 Å². The average Bonchev–Trinajstić information content (AvgIpc) is 3.31. The van der Waals surface area contributed by atoms with E-state index in [0.717, 1.165) is 30.7 Å². The first-order chi connectivity index (χ1) is 10.3. The minimum absolute atomic E-state index is 0.515. The lowest BCUT2D eigenvalue weighted by Crippen LogP contribution is -2.40. The Morgan fingerprint density at radius 3 is 2.86 bits per heavy atom. The molecule has 1 aliphatic heterocycles. The fourth-order valence-electron chi connectivity index (χ4n) is 2.85. The van der Waals surface area contributed by atoms with Crippen molar-refractivity contribution in [2.75, 3.05) is 32.1 Å². The highest BCUT2D eigenvalue weighted by Gasteiger charge is 2.28. The monoisotopic (exact) mass is 290 g/mol. The van der Waals surface area contributed by atoms with Gasteiger partial charge in [0.15, 0.2) is 0 Å². The van der Waals surface area contributed by atoms with Crippen molar-refractivity contribution in [3.63, 3.8) is 0 Å². The maximum absolute atomic E-state index is 5.99. The lowest BCUT2D eigenvalue weighted by atomic mass is 10.0. The van der Waals surface area contributed by atoms with Crippen LogP contribution in [0.25, 0.3) is 0 Å². The van der Waals surface area contributed by atoms with Gasteiger partial charge in [0.25, 0.3) is 0 Å². The Labute approximate surface area is 127 Å². The molecule has 5 nitrogen and oxygen atoms in total. The van der Waals surface area contributed by atoms with E-state index in [1.807, 2.05) is 6.07 Å². The zero-order valence-electron chi connectivity index (χ0n) is 13.1. The molecule has 1 atom stereocenters. The fourth-order valence-corrected chi connectivity index (χ4v) is 2.85. The van der Waals surface area contributed by atoms with Crippen molar-refractivity contribution < 1.29 is 4.74 Å². The van der Waals surface area contributed by atoms with Gasteiger partial charge in [0, 0.05) is 24.6 Å². The van der Waals surface area contributed by atoms with Gasteiger partial charge in [-0.1, -0.05) is 6.42 Å². The lowest BCUT2D eigenvalue weighted by Gasteiger charge is -2.32. The summed E-state index contributed by atoms with van der Waals surface area (Å²) in [6.45, 7) is 4.85. The Morgan fingerprint density at radius 1 is 1.29 bits per heavy atom. The summed E-state index contributed by atoms with van der Waals surface area (Å²) in [7, 11) is 2.19. The van der Waals surface area contributed by atoms with Crippen LogP contribution in [0.4, 0.5) is 5.82 Å². The van der Waals surface area contributed by atoms with Gasteiger partial charge in [0.1, 0.15) is 18.2 Å².